The molecule has 3 heteroatoms. The lowest BCUT2D eigenvalue weighted by atomic mass is 9.49. The fraction of sp³-hybridized carbons (Fsp3) is 0.933. The molecule has 4 saturated carbocycles. The lowest BCUT2D eigenvalue weighted by molar-refractivity contribution is -0.129. The normalized spacial score (nSPS) is 42.9. The molecule has 0 radical (unpaired) electrons. The third-order valence-electron chi connectivity index (χ3n) is 5.46. The van der Waals surface area contributed by atoms with Gasteiger partial charge in [-0.25, -0.2) is 0 Å². The van der Waals surface area contributed by atoms with E-state index in [2.05, 4.69) is 5.32 Å². The summed E-state index contributed by atoms with van der Waals surface area (Å²) in [7, 11) is 0. The standard InChI is InChI=1S/C15H26N2O/c1-10(9-16)17-14(18)8-15-5-11-2-12(6-15)4-13(3-11)7-15/h10-13H,2-9,16H2,1H3,(H,17,18). The summed E-state index contributed by atoms with van der Waals surface area (Å²) < 4.78 is 0. The van der Waals surface area contributed by atoms with Gasteiger partial charge < -0.3 is 11.1 Å². The second kappa shape index (κ2) is 4.52. The van der Waals surface area contributed by atoms with Crippen molar-refractivity contribution in [2.75, 3.05) is 6.54 Å². The number of carbonyl (C=O) groups excluding carboxylic acids is 1. The zero-order valence-corrected chi connectivity index (χ0v) is 11.5. The predicted octanol–water partition coefficient (Wildman–Crippen LogP) is 2.06. The van der Waals surface area contributed by atoms with Crippen LogP contribution >= 0.6 is 0 Å². The Labute approximate surface area is 110 Å². The average molecular weight is 250 g/mol. The van der Waals surface area contributed by atoms with E-state index in [1.165, 1.54) is 38.5 Å². The first-order chi connectivity index (χ1) is 8.58. The van der Waals surface area contributed by atoms with Crippen LogP contribution in [0.5, 0.6) is 0 Å². The van der Waals surface area contributed by atoms with E-state index < -0.39 is 0 Å². The molecule has 0 aromatic carbocycles. The fourth-order valence-electron chi connectivity index (χ4n) is 5.23. The minimum Gasteiger partial charge on any atom is -0.352 e. The third-order valence-corrected chi connectivity index (χ3v) is 5.46. The Bertz CT molecular complexity index is 304. The second-order valence-corrected chi connectivity index (χ2v) is 7.30. The van der Waals surface area contributed by atoms with E-state index >= 15 is 0 Å². The molecule has 4 aliphatic carbocycles. The van der Waals surface area contributed by atoms with Gasteiger partial charge in [0.05, 0.1) is 0 Å². The summed E-state index contributed by atoms with van der Waals surface area (Å²) in [6.45, 7) is 2.52. The number of rotatable bonds is 4. The van der Waals surface area contributed by atoms with Crippen LogP contribution in [0.2, 0.25) is 0 Å². The van der Waals surface area contributed by atoms with Gasteiger partial charge in [0.2, 0.25) is 5.91 Å². The summed E-state index contributed by atoms with van der Waals surface area (Å²) >= 11 is 0. The zero-order chi connectivity index (χ0) is 12.8. The maximum Gasteiger partial charge on any atom is 0.220 e. The summed E-state index contributed by atoms with van der Waals surface area (Å²) in [5.41, 5.74) is 5.92. The summed E-state index contributed by atoms with van der Waals surface area (Å²) in [5, 5.41) is 3.04. The number of carbonyl (C=O) groups is 1. The molecule has 0 aromatic rings. The maximum atomic E-state index is 12.1. The molecule has 0 saturated heterocycles. The van der Waals surface area contributed by atoms with Crippen LogP contribution in [-0.2, 0) is 4.79 Å². The topological polar surface area (TPSA) is 55.1 Å². The molecule has 18 heavy (non-hydrogen) atoms. The van der Waals surface area contributed by atoms with Crippen molar-refractivity contribution in [1.82, 2.24) is 5.32 Å². The molecule has 4 aliphatic rings. The highest BCUT2D eigenvalue weighted by Crippen LogP contribution is 2.61. The molecule has 3 N–H and O–H groups in total. The van der Waals surface area contributed by atoms with E-state index in [-0.39, 0.29) is 11.9 Å². The van der Waals surface area contributed by atoms with E-state index in [0.29, 0.717) is 12.0 Å². The summed E-state index contributed by atoms with van der Waals surface area (Å²) in [6, 6.07) is 0.117. The molecule has 0 heterocycles. The molecule has 3 nitrogen and oxygen atoms in total. The van der Waals surface area contributed by atoms with E-state index in [0.717, 1.165) is 24.2 Å². The Morgan fingerprint density at radius 1 is 1.22 bits per heavy atom. The minimum atomic E-state index is 0.117. The van der Waals surface area contributed by atoms with Crippen molar-refractivity contribution in [3.05, 3.63) is 0 Å². The molecule has 0 aliphatic heterocycles. The summed E-state index contributed by atoms with van der Waals surface area (Å²) in [4.78, 5) is 12.1. The molecule has 4 bridgehead atoms. The first kappa shape index (κ1) is 12.5. The van der Waals surface area contributed by atoms with Crippen molar-refractivity contribution in [3.63, 3.8) is 0 Å². The third kappa shape index (κ3) is 2.29. The van der Waals surface area contributed by atoms with Gasteiger partial charge in [0.1, 0.15) is 0 Å². The molecular formula is C15H26N2O. The van der Waals surface area contributed by atoms with E-state index in [1.807, 2.05) is 6.92 Å². The Hall–Kier alpha value is -0.570. The highest BCUT2D eigenvalue weighted by molar-refractivity contribution is 5.77. The van der Waals surface area contributed by atoms with Gasteiger partial charge in [-0.2, -0.15) is 0 Å². The molecule has 4 fully saturated rings. The predicted molar refractivity (Wildman–Crippen MR) is 71.9 cm³/mol. The Balaban J connectivity index is 1.63. The molecule has 1 amide bonds. The molecule has 4 rings (SSSR count). The van der Waals surface area contributed by atoms with Crippen LogP contribution in [0.25, 0.3) is 0 Å². The van der Waals surface area contributed by atoms with Gasteiger partial charge in [-0.1, -0.05) is 0 Å². The SMILES string of the molecule is CC(CN)NC(=O)CC12CC3CC(CC(C3)C1)C2. The van der Waals surface area contributed by atoms with Gasteiger partial charge in [0, 0.05) is 19.0 Å². The minimum absolute atomic E-state index is 0.117. The number of hydrogen-bond donors (Lipinski definition) is 2. The number of amides is 1. The first-order valence-electron chi connectivity index (χ1n) is 7.58. The highest BCUT2D eigenvalue weighted by atomic mass is 16.1. The average Bonchev–Trinajstić information content (AvgIpc) is 2.25. The van der Waals surface area contributed by atoms with E-state index in [9.17, 15) is 4.79 Å². The molecule has 1 atom stereocenters. The summed E-state index contributed by atoms with van der Waals surface area (Å²) in [5.74, 6) is 3.01. The smallest absolute Gasteiger partial charge is 0.220 e. The molecule has 1 unspecified atom stereocenters. The lowest BCUT2D eigenvalue weighted by Gasteiger charge is -2.56. The van der Waals surface area contributed by atoms with Crippen LogP contribution in [0.4, 0.5) is 0 Å². The second-order valence-electron chi connectivity index (χ2n) is 7.30. The van der Waals surface area contributed by atoms with Crippen molar-refractivity contribution in [2.24, 2.45) is 28.9 Å². The zero-order valence-electron chi connectivity index (χ0n) is 11.5. The van der Waals surface area contributed by atoms with Crippen molar-refractivity contribution < 1.29 is 4.79 Å². The molecular weight excluding hydrogens is 224 g/mol. The van der Waals surface area contributed by atoms with Gasteiger partial charge in [0.25, 0.3) is 0 Å². The lowest BCUT2D eigenvalue weighted by Crippen LogP contribution is -2.49. The first-order valence-corrected chi connectivity index (χ1v) is 7.58. The van der Waals surface area contributed by atoms with Gasteiger partial charge in [0.15, 0.2) is 0 Å². The van der Waals surface area contributed by atoms with Crippen LogP contribution < -0.4 is 11.1 Å². The van der Waals surface area contributed by atoms with Crippen molar-refractivity contribution in [1.29, 1.82) is 0 Å². The number of nitrogens with one attached hydrogen (secondary N) is 1. The number of hydrogen-bond acceptors (Lipinski definition) is 2. The molecule has 0 spiro atoms. The van der Waals surface area contributed by atoms with Crippen molar-refractivity contribution >= 4 is 5.91 Å². The molecule has 102 valence electrons. The Morgan fingerprint density at radius 3 is 2.17 bits per heavy atom. The quantitative estimate of drug-likeness (QED) is 0.802. The van der Waals surface area contributed by atoms with Crippen molar-refractivity contribution in [2.45, 2.75) is 57.9 Å². The van der Waals surface area contributed by atoms with Crippen LogP contribution in [0.3, 0.4) is 0 Å². The van der Waals surface area contributed by atoms with Crippen molar-refractivity contribution in [3.8, 4) is 0 Å². The number of nitrogens with two attached hydrogens (primary N) is 1. The van der Waals surface area contributed by atoms with Gasteiger partial charge in [-0.3, -0.25) is 4.79 Å². The van der Waals surface area contributed by atoms with Crippen LogP contribution in [0.1, 0.15) is 51.9 Å². The van der Waals surface area contributed by atoms with E-state index in [1.54, 1.807) is 0 Å². The van der Waals surface area contributed by atoms with Crippen LogP contribution in [0.15, 0.2) is 0 Å². The summed E-state index contributed by atoms with van der Waals surface area (Å²) in [6.07, 6.45) is 9.01. The van der Waals surface area contributed by atoms with Gasteiger partial charge >= 0.3 is 0 Å². The van der Waals surface area contributed by atoms with Crippen LogP contribution in [-0.4, -0.2) is 18.5 Å². The largest absolute Gasteiger partial charge is 0.352 e. The maximum absolute atomic E-state index is 12.1. The molecule has 0 aromatic heterocycles. The monoisotopic (exact) mass is 250 g/mol. The van der Waals surface area contributed by atoms with Gasteiger partial charge in [-0.05, 0) is 68.6 Å². The van der Waals surface area contributed by atoms with Gasteiger partial charge in [-0.15, -0.1) is 0 Å². The fourth-order valence-corrected chi connectivity index (χ4v) is 5.23. The van der Waals surface area contributed by atoms with E-state index in [4.69, 9.17) is 5.73 Å². The Morgan fingerprint density at radius 2 is 1.72 bits per heavy atom. The van der Waals surface area contributed by atoms with Crippen LogP contribution in [0, 0.1) is 23.2 Å². The Kier molecular flexibility index (Phi) is 3.13. The highest BCUT2D eigenvalue weighted by Gasteiger charge is 2.51.